The molecule has 0 fully saturated rings. The number of anilines is 1. The Bertz CT molecular complexity index is 900. The van der Waals surface area contributed by atoms with Gasteiger partial charge in [-0.1, -0.05) is 30.0 Å². The van der Waals surface area contributed by atoms with Crippen LogP contribution in [0.1, 0.15) is 32.4 Å². The van der Waals surface area contributed by atoms with Gasteiger partial charge in [0, 0.05) is 12.1 Å². The van der Waals surface area contributed by atoms with E-state index in [4.69, 9.17) is 0 Å². The molecule has 7 nitrogen and oxygen atoms in total. The van der Waals surface area contributed by atoms with Gasteiger partial charge >= 0.3 is 0 Å². The lowest BCUT2D eigenvalue weighted by atomic mass is 10.2. The van der Waals surface area contributed by atoms with Gasteiger partial charge in [0.15, 0.2) is 5.16 Å². The maximum Gasteiger partial charge on any atom is 0.238 e. The summed E-state index contributed by atoms with van der Waals surface area (Å²) in [4.78, 5) is 12.6. The third-order valence-corrected chi connectivity index (χ3v) is 5.01. The van der Waals surface area contributed by atoms with Gasteiger partial charge < -0.3 is 5.32 Å². The van der Waals surface area contributed by atoms with Crippen LogP contribution in [0.5, 0.6) is 0 Å². The van der Waals surface area contributed by atoms with E-state index < -0.39 is 0 Å². The normalized spacial score (nSPS) is 12.3. The van der Waals surface area contributed by atoms with Gasteiger partial charge in [0.05, 0.1) is 17.1 Å². The molecule has 0 saturated heterocycles. The summed E-state index contributed by atoms with van der Waals surface area (Å²) in [5.74, 6) is 0.592. The summed E-state index contributed by atoms with van der Waals surface area (Å²) in [6.07, 6.45) is 3.35. The summed E-state index contributed by atoms with van der Waals surface area (Å²) in [6.45, 7) is 7.93. The van der Waals surface area contributed by atoms with Gasteiger partial charge in [-0.25, -0.2) is 4.68 Å². The van der Waals surface area contributed by atoms with Crippen molar-refractivity contribution in [3.63, 3.8) is 0 Å². The van der Waals surface area contributed by atoms with Crippen LogP contribution in [-0.2, 0) is 4.79 Å². The quantitative estimate of drug-likeness (QED) is 0.672. The number of carbonyl (C=O) groups is 1. The summed E-state index contributed by atoms with van der Waals surface area (Å²) in [6, 6.07) is 9.98. The minimum absolute atomic E-state index is 0.100. The fraction of sp³-hybridized carbons (Fsp3) is 0.333. The first-order valence-corrected chi connectivity index (χ1v) is 9.32. The average molecular weight is 370 g/mol. The highest BCUT2D eigenvalue weighted by atomic mass is 32.2. The molecular formula is C18H22N6OS. The summed E-state index contributed by atoms with van der Waals surface area (Å²) < 4.78 is 3.69. The molecule has 3 aromatic rings. The second-order valence-corrected chi connectivity index (χ2v) is 7.58. The smallest absolute Gasteiger partial charge is 0.238 e. The lowest BCUT2D eigenvalue weighted by Crippen LogP contribution is -2.25. The van der Waals surface area contributed by atoms with Crippen LogP contribution in [0.4, 0.5) is 5.82 Å². The molecule has 26 heavy (non-hydrogen) atoms. The standard InChI is InChI=1S/C18H22N6OS/c1-12(2)24-16(9-10-20-24)21-17(25)14(4)26-18-22-19-11-23(18)15-8-6-5-7-13(15)3/h5-12,14H,1-4H3,(H,21,25). The van der Waals surface area contributed by atoms with Crippen LogP contribution in [0.15, 0.2) is 48.0 Å². The summed E-state index contributed by atoms with van der Waals surface area (Å²) in [5.41, 5.74) is 2.12. The summed E-state index contributed by atoms with van der Waals surface area (Å²) in [7, 11) is 0. The minimum atomic E-state index is -0.336. The zero-order valence-corrected chi connectivity index (χ0v) is 16.1. The van der Waals surface area contributed by atoms with Crippen molar-refractivity contribution in [3.05, 3.63) is 48.4 Å². The number of carbonyl (C=O) groups excluding carboxylic acids is 1. The van der Waals surface area contributed by atoms with Gasteiger partial charge in [0.2, 0.25) is 5.91 Å². The van der Waals surface area contributed by atoms with E-state index in [-0.39, 0.29) is 17.2 Å². The number of amides is 1. The zero-order valence-electron chi connectivity index (χ0n) is 15.2. The minimum Gasteiger partial charge on any atom is -0.310 e. The molecule has 1 aromatic carbocycles. The van der Waals surface area contributed by atoms with Gasteiger partial charge in [-0.3, -0.25) is 9.36 Å². The van der Waals surface area contributed by atoms with Gasteiger partial charge in [-0.15, -0.1) is 10.2 Å². The van der Waals surface area contributed by atoms with Crippen LogP contribution >= 0.6 is 11.8 Å². The number of aryl methyl sites for hydroxylation is 1. The highest BCUT2D eigenvalue weighted by Crippen LogP contribution is 2.26. The molecule has 0 bridgehead atoms. The largest absolute Gasteiger partial charge is 0.310 e. The molecule has 0 aliphatic heterocycles. The maximum absolute atomic E-state index is 12.6. The Morgan fingerprint density at radius 3 is 2.69 bits per heavy atom. The second kappa shape index (κ2) is 7.74. The molecule has 136 valence electrons. The number of hydrogen-bond donors (Lipinski definition) is 1. The van der Waals surface area contributed by atoms with Crippen LogP contribution in [0.3, 0.4) is 0 Å². The van der Waals surface area contributed by atoms with E-state index in [1.165, 1.54) is 11.8 Å². The molecule has 1 atom stereocenters. The summed E-state index contributed by atoms with van der Waals surface area (Å²) >= 11 is 1.37. The molecule has 1 amide bonds. The van der Waals surface area contributed by atoms with Gasteiger partial charge in [0.1, 0.15) is 12.1 Å². The number of rotatable bonds is 6. The highest BCUT2D eigenvalue weighted by molar-refractivity contribution is 8.00. The zero-order chi connectivity index (χ0) is 18.7. The topological polar surface area (TPSA) is 77.6 Å². The van der Waals surface area contributed by atoms with E-state index in [2.05, 4.69) is 20.6 Å². The molecule has 8 heteroatoms. The van der Waals surface area contributed by atoms with Crippen LogP contribution in [-0.4, -0.2) is 35.7 Å². The highest BCUT2D eigenvalue weighted by Gasteiger charge is 2.20. The molecule has 1 unspecified atom stereocenters. The van der Waals surface area contributed by atoms with Crippen molar-refractivity contribution in [2.24, 2.45) is 0 Å². The Morgan fingerprint density at radius 2 is 1.96 bits per heavy atom. The monoisotopic (exact) mass is 370 g/mol. The fourth-order valence-electron chi connectivity index (χ4n) is 2.57. The van der Waals surface area contributed by atoms with Crippen molar-refractivity contribution < 1.29 is 4.79 Å². The number of hydrogen-bond acceptors (Lipinski definition) is 5. The molecule has 0 aliphatic carbocycles. The third kappa shape index (κ3) is 3.80. The third-order valence-electron chi connectivity index (χ3n) is 3.95. The van der Waals surface area contributed by atoms with E-state index in [1.807, 2.05) is 56.5 Å². The molecule has 0 radical (unpaired) electrons. The Labute approximate surface area is 156 Å². The van der Waals surface area contributed by atoms with E-state index in [0.717, 1.165) is 11.3 Å². The SMILES string of the molecule is Cc1ccccc1-n1cnnc1SC(C)C(=O)Nc1ccnn1C(C)C. The van der Waals surface area contributed by atoms with E-state index in [0.29, 0.717) is 11.0 Å². The van der Waals surface area contributed by atoms with E-state index in [1.54, 1.807) is 23.3 Å². The predicted octanol–water partition coefficient (Wildman–Crippen LogP) is 3.47. The van der Waals surface area contributed by atoms with Crippen molar-refractivity contribution in [1.29, 1.82) is 0 Å². The van der Waals surface area contributed by atoms with Crippen LogP contribution < -0.4 is 5.32 Å². The molecule has 2 heterocycles. The molecular weight excluding hydrogens is 348 g/mol. The Kier molecular flexibility index (Phi) is 5.41. The Morgan fingerprint density at radius 1 is 1.19 bits per heavy atom. The lowest BCUT2D eigenvalue weighted by molar-refractivity contribution is -0.115. The van der Waals surface area contributed by atoms with Crippen molar-refractivity contribution >= 4 is 23.5 Å². The summed E-state index contributed by atoms with van der Waals surface area (Å²) in [5, 5.41) is 15.7. The first-order chi connectivity index (χ1) is 12.5. The number of benzene rings is 1. The molecule has 0 spiro atoms. The van der Waals surface area contributed by atoms with Crippen LogP contribution in [0.25, 0.3) is 5.69 Å². The van der Waals surface area contributed by atoms with E-state index in [9.17, 15) is 4.79 Å². The maximum atomic E-state index is 12.6. The van der Waals surface area contributed by atoms with Crippen molar-refractivity contribution in [2.75, 3.05) is 5.32 Å². The van der Waals surface area contributed by atoms with E-state index >= 15 is 0 Å². The number of thioether (sulfide) groups is 1. The van der Waals surface area contributed by atoms with Crippen LogP contribution in [0.2, 0.25) is 0 Å². The molecule has 0 saturated carbocycles. The number of aromatic nitrogens is 5. The van der Waals surface area contributed by atoms with Crippen molar-refractivity contribution in [3.8, 4) is 5.69 Å². The van der Waals surface area contributed by atoms with Gasteiger partial charge in [-0.2, -0.15) is 5.10 Å². The fourth-order valence-corrected chi connectivity index (χ4v) is 3.40. The second-order valence-electron chi connectivity index (χ2n) is 6.27. The first-order valence-electron chi connectivity index (χ1n) is 8.44. The molecule has 0 aliphatic rings. The predicted molar refractivity (Wildman–Crippen MR) is 103 cm³/mol. The average Bonchev–Trinajstić information content (AvgIpc) is 3.24. The Balaban J connectivity index is 1.74. The lowest BCUT2D eigenvalue weighted by Gasteiger charge is -2.15. The van der Waals surface area contributed by atoms with Crippen LogP contribution in [0, 0.1) is 6.92 Å². The molecule has 3 rings (SSSR count). The molecule has 1 N–H and O–H groups in total. The van der Waals surface area contributed by atoms with Crippen molar-refractivity contribution in [1.82, 2.24) is 24.5 Å². The van der Waals surface area contributed by atoms with Crippen molar-refractivity contribution in [2.45, 2.75) is 44.1 Å². The van der Waals surface area contributed by atoms with Gasteiger partial charge in [-0.05, 0) is 39.3 Å². The number of para-hydroxylation sites is 1. The number of nitrogens with zero attached hydrogens (tertiary/aromatic N) is 5. The van der Waals surface area contributed by atoms with Gasteiger partial charge in [0.25, 0.3) is 0 Å². The number of nitrogens with one attached hydrogen (secondary N) is 1. The molecule has 2 aromatic heterocycles. The Hall–Kier alpha value is -2.61. The first kappa shape index (κ1) is 18.2.